The largest absolute Gasteiger partial charge is 0.457 e. The van der Waals surface area contributed by atoms with Gasteiger partial charge in [-0.05, 0) is 48.0 Å². The van der Waals surface area contributed by atoms with Crippen LogP contribution in [0.2, 0.25) is 5.02 Å². The fourth-order valence-electron chi connectivity index (χ4n) is 2.47. The van der Waals surface area contributed by atoms with Crippen LogP contribution in [0.25, 0.3) is 23.0 Å². The Morgan fingerprint density at radius 1 is 1.15 bits per heavy atom. The molecule has 0 bridgehead atoms. The van der Waals surface area contributed by atoms with Gasteiger partial charge in [0.2, 0.25) is 0 Å². The fourth-order valence-corrected chi connectivity index (χ4v) is 2.66. The van der Waals surface area contributed by atoms with Crippen molar-refractivity contribution < 1.29 is 9.34 Å². The summed E-state index contributed by atoms with van der Waals surface area (Å²) in [6.45, 7) is 0. The number of furan rings is 1. The van der Waals surface area contributed by atoms with Crippen LogP contribution >= 0.6 is 11.6 Å². The number of hydrogen-bond donors (Lipinski definition) is 0. The van der Waals surface area contributed by atoms with Crippen LogP contribution in [0.4, 0.5) is 5.69 Å². The van der Waals surface area contributed by atoms with E-state index in [4.69, 9.17) is 21.3 Å². The van der Waals surface area contributed by atoms with E-state index in [1.165, 1.54) is 12.1 Å². The zero-order valence-electron chi connectivity index (χ0n) is 13.7. The lowest BCUT2D eigenvalue weighted by Crippen LogP contribution is -1.89. The van der Waals surface area contributed by atoms with E-state index in [2.05, 4.69) is 6.07 Å². The van der Waals surface area contributed by atoms with Crippen molar-refractivity contribution in [2.24, 2.45) is 0 Å². The molecule has 0 saturated heterocycles. The average Bonchev–Trinajstić information content (AvgIpc) is 3.15. The van der Waals surface area contributed by atoms with Gasteiger partial charge in [0.15, 0.2) is 0 Å². The minimum absolute atomic E-state index is 0.0413. The van der Waals surface area contributed by atoms with Crippen LogP contribution in [-0.2, 0) is 0 Å². The van der Waals surface area contributed by atoms with E-state index in [0.29, 0.717) is 33.8 Å². The Morgan fingerprint density at radius 3 is 2.67 bits per heavy atom. The van der Waals surface area contributed by atoms with Crippen molar-refractivity contribution in [2.75, 3.05) is 0 Å². The summed E-state index contributed by atoms with van der Waals surface area (Å²) in [7, 11) is 0. The van der Waals surface area contributed by atoms with E-state index in [-0.39, 0.29) is 10.7 Å². The molecule has 0 N–H and O–H groups in total. The number of nitro groups is 1. The van der Waals surface area contributed by atoms with E-state index in [1.807, 2.05) is 6.07 Å². The molecule has 1 aromatic heterocycles. The molecule has 2 aromatic carbocycles. The Kier molecular flexibility index (Phi) is 5.03. The molecule has 1 heterocycles. The lowest BCUT2D eigenvalue weighted by molar-refractivity contribution is -0.384. The van der Waals surface area contributed by atoms with E-state index < -0.39 is 4.92 Å². The predicted molar refractivity (Wildman–Crippen MR) is 100 cm³/mol. The summed E-state index contributed by atoms with van der Waals surface area (Å²) in [5, 5.41) is 29.5. The molecule has 0 saturated carbocycles. The summed E-state index contributed by atoms with van der Waals surface area (Å²) < 4.78 is 5.70. The number of halogens is 1. The molecule has 0 spiro atoms. The van der Waals surface area contributed by atoms with Gasteiger partial charge in [-0.15, -0.1) is 0 Å². The quantitative estimate of drug-likeness (QED) is 0.343. The van der Waals surface area contributed by atoms with Crippen molar-refractivity contribution in [1.82, 2.24) is 0 Å². The molecule has 0 amide bonds. The zero-order valence-corrected chi connectivity index (χ0v) is 14.5. The highest BCUT2D eigenvalue weighted by Gasteiger charge is 2.15. The van der Waals surface area contributed by atoms with Crippen molar-refractivity contribution in [2.45, 2.75) is 0 Å². The van der Waals surface area contributed by atoms with Crippen LogP contribution in [0.15, 0.2) is 59.0 Å². The first kappa shape index (κ1) is 17.9. The first-order valence-corrected chi connectivity index (χ1v) is 8.06. The second-order valence-corrected chi connectivity index (χ2v) is 5.89. The van der Waals surface area contributed by atoms with Gasteiger partial charge in [0.1, 0.15) is 16.5 Å². The van der Waals surface area contributed by atoms with Crippen molar-refractivity contribution in [3.8, 4) is 23.5 Å². The van der Waals surface area contributed by atoms with Crippen molar-refractivity contribution >= 4 is 28.9 Å². The van der Waals surface area contributed by atoms with E-state index in [9.17, 15) is 15.4 Å². The molecule has 3 aromatic rings. The number of rotatable bonds is 4. The van der Waals surface area contributed by atoms with Crippen molar-refractivity contribution in [1.29, 1.82) is 10.5 Å². The van der Waals surface area contributed by atoms with Gasteiger partial charge in [0.25, 0.3) is 5.69 Å². The van der Waals surface area contributed by atoms with E-state index in [1.54, 1.807) is 48.5 Å². The Bertz CT molecular complexity index is 1150. The monoisotopic (exact) mass is 375 g/mol. The summed E-state index contributed by atoms with van der Waals surface area (Å²) in [5.41, 5.74) is 1.65. The molecule has 0 aliphatic rings. The van der Waals surface area contributed by atoms with Crippen LogP contribution in [0, 0.1) is 32.8 Å². The molecule has 0 unspecified atom stereocenters. The molecule has 7 heteroatoms. The standard InChI is InChI=1S/C20H10ClN3O3/c21-18-6-4-15(10-19(18)24(25)26)20-7-5-17(27-20)9-16(12-23)14-3-1-2-13(8-14)11-22/h1-10H/b16-9-. The summed E-state index contributed by atoms with van der Waals surface area (Å²) in [4.78, 5) is 10.5. The Balaban J connectivity index is 1.97. The summed E-state index contributed by atoms with van der Waals surface area (Å²) in [5.74, 6) is 0.811. The molecule has 0 atom stereocenters. The third-order valence-corrected chi connectivity index (χ3v) is 4.08. The highest BCUT2D eigenvalue weighted by atomic mass is 35.5. The number of benzene rings is 2. The van der Waals surface area contributed by atoms with Gasteiger partial charge < -0.3 is 4.42 Å². The topological polar surface area (TPSA) is 104 Å². The van der Waals surface area contributed by atoms with Crippen molar-refractivity contribution in [3.63, 3.8) is 0 Å². The molecule has 0 fully saturated rings. The van der Waals surface area contributed by atoms with Crippen LogP contribution in [0.5, 0.6) is 0 Å². The molecule has 130 valence electrons. The van der Waals surface area contributed by atoms with Crippen LogP contribution in [0.1, 0.15) is 16.9 Å². The first-order valence-electron chi connectivity index (χ1n) is 7.68. The van der Waals surface area contributed by atoms with Crippen LogP contribution in [0.3, 0.4) is 0 Å². The molecule has 0 aliphatic heterocycles. The first-order chi connectivity index (χ1) is 13.0. The normalized spacial score (nSPS) is 10.9. The van der Waals surface area contributed by atoms with Gasteiger partial charge in [-0.25, -0.2) is 0 Å². The highest BCUT2D eigenvalue weighted by molar-refractivity contribution is 6.32. The lowest BCUT2D eigenvalue weighted by Gasteiger charge is -2.00. The van der Waals surface area contributed by atoms with Gasteiger partial charge >= 0.3 is 0 Å². The van der Waals surface area contributed by atoms with E-state index >= 15 is 0 Å². The molecule has 27 heavy (non-hydrogen) atoms. The molecule has 0 aliphatic carbocycles. The fraction of sp³-hybridized carbons (Fsp3) is 0. The zero-order chi connectivity index (χ0) is 19.4. The maximum atomic E-state index is 11.0. The summed E-state index contributed by atoms with van der Waals surface area (Å²) >= 11 is 5.82. The number of allylic oxidation sites excluding steroid dienone is 1. The minimum atomic E-state index is -0.564. The SMILES string of the molecule is N#C/C(=C/c1ccc(-c2ccc(Cl)c([N+](=O)[O-])c2)o1)c1cccc(C#N)c1. The number of nitriles is 2. The predicted octanol–water partition coefficient (Wildman–Crippen LogP) is 5.44. The minimum Gasteiger partial charge on any atom is -0.457 e. The maximum absolute atomic E-state index is 11.0. The number of hydrogen-bond acceptors (Lipinski definition) is 5. The number of nitrogens with zero attached hydrogens (tertiary/aromatic N) is 3. The third kappa shape index (κ3) is 3.87. The average molecular weight is 376 g/mol. The van der Waals surface area contributed by atoms with Crippen LogP contribution < -0.4 is 0 Å². The Hall–Kier alpha value is -3.87. The smallest absolute Gasteiger partial charge is 0.288 e. The maximum Gasteiger partial charge on any atom is 0.288 e. The van der Waals surface area contributed by atoms with Gasteiger partial charge in [-0.2, -0.15) is 10.5 Å². The molecular weight excluding hydrogens is 366 g/mol. The molecule has 0 radical (unpaired) electrons. The Labute approximate surface area is 159 Å². The van der Waals surface area contributed by atoms with Gasteiger partial charge in [0, 0.05) is 11.6 Å². The third-order valence-electron chi connectivity index (χ3n) is 3.76. The second-order valence-electron chi connectivity index (χ2n) is 5.49. The van der Waals surface area contributed by atoms with Crippen LogP contribution in [-0.4, -0.2) is 4.92 Å². The highest BCUT2D eigenvalue weighted by Crippen LogP contribution is 2.32. The second kappa shape index (κ2) is 7.57. The number of nitro benzene ring substituents is 1. The Morgan fingerprint density at radius 2 is 1.96 bits per heavy atom. The molecule has 3 rings (SSSR count). The summed E-state index contributed by atoms with van der Waals surface area (Å²) in [6.07, 6.45) is 1.55. The van der Waals surface area contributed by atoms with Crippen molar-refractivity contribution in [3.05, 3.63) is 86.6 Å². The molecule has 6 nitrogen and oxygen atoms in total. The summed E-state index contributed by atoms with van der Waals surface area (Å²) in [6, 6.07) is 18.5. The van der Waals surface area contributed by atoms with E-state index in [0.717, 1.165) is 0 Å². The molecular formula is C20H10ClN3O3. The van der Waals surface area contributed by atoms with Gasteiger partial charge in [0.05, 0.1) is 28.2 Å². The lowest BCUT2D eigenvalue weighted by atomic mass is 10.0. The van der Waals surface area contributed by atoms with Gasteiger partial charge in [-0.1, -0.05) is 23.7 Å². The van der Waals surface area contributed by atoms with Gasteiger partial charge in [-0.3, -0.25) is 10.1 Å².